The van der Waals surface area contributed by atoms with Crippen LogP contribution in [0.15, 0.2) is 36.1 Å². The second-order valence-corrected chi connectivity index (χ2v) is 3.77. The summed E-state index contributed by atoms with van der Waals surface area (Å²) in [5.41, 5.74) is 2.40. The molecule has 1 heterocycles. The maximum atomic E-state index is 8.76. The summed E-state index contributed by atoms with van der Waals surface area (Å²) in [5, 5.41) is 8.76. The quantitative estimate of drug-likeness (QED) is 0.695. The van der Waals surface area contributed by atoms with Crippen LogP contribution in [0, 0.1) is 18.3 Å². The summed E-state index contributed by atoms with van der Waals surface area (Å²) in [6.45, 7) is 2.06. The van der Waals surface area contributed by atoms with E-state index < -0.39 is 0 Å². The third-order valence-electron chi connectivity index (χ3n) is 2.59. The molecule has 2 nitrogen and oxygen atoms in total. The molecule has 15 heavy (non-hydrogen) atoms. The van der Waals surface area contributed by atoms with Crippen LogP contribution >= 0.6 is 0 Å². The lowest BCUT2D eigenvalue weighted by Gasteiger charge is -2.21. The number of hydrogen-bond donors (Lipinski definition) is 0. The number of allylic oxidation sites excluding steroid dienone is 2. The van der Waals surface area contributed by atoms with Crippen LogP contribution in [0.25, 0.3) is 0 Å². The molecule has 0 saturated heterocycles. The molecule has 0 aromatic heterocycles. The highest BCUT2D eigenvalue weighted by Gasteiger charge is 2.17. The number of benzene rings is 1. The average molecular weight is 199 g/mol. The molecular formula is C13H13NO. The molecule has 0 bridgehead atoms. The fraction of sp³-hybridized carbons (Fsp3) is 0.308. The van der Waals surface area contributed by atoms with Gasteiger partial charge in [0.2, 0.25) is 0 Å². The maximum Gasteiger partial charge on any atom is 0.193 e. The van der Waals surface area contributed by atoms with Crippen molar-refractivity contribution in [1.29, 1.82) is 5.26 Å². The van der Waals surface area contributed by atoms with Crippen LogP contribution in [0.4, 0.5) is 0 Å². The van der Waals surface area contributed by atoms with Crippen LogP contribution in [0.1, 0.15) is 30.1 Å². The zero-order valence-electron chi connectivity index (χ0n) is 8.73. The highest BCUT2D eigenvalue weighted by atomic mass is 16.5. The molecule has 0 aliphatic carbocycles. The zero-order chi connectivity index (χ0) is 10.7. The molecule has 0 amide bonds. The van der Waals surface area contributed by atoms with Crippen molar-refractivity contribution in [2.45, 2.75) is 25.9 Å². The molecule has 2 rings (SSSR count). The average Bonchev–Trinajstić information content (AvgIpc) is 2.30. The molecule has 1 aliphatic rings. The molecule has 0 saturated carbocycles. The van der Waals surface area contributed by atoms with Gasteiger partial charge in [0.25, 0.3) is 0 Å². The third-order valence-corrected chi connectivity index (χ3v) is 2.59. The van der Waals surface area contributed by atoms with Gasteiger partial charge in [-0.1, -0.05) is 29.8 Å². The van der Waals surface area contributed by atoms with Gasteiger partial charge in [-0.05, 0) is 31.4 Å². The lowest BCUT2D eigenvalue weighted by atomic mass is 10.0. The summed E-state index contributed by atoms with van der Waals surface area (Å²) in [4.78, 5) is 0. The molecule has 0 fully saturated rings. The Morgan fingerprint density at radius 1 is 1.33 bits per heavy atom. The lowest BCUT2D eigenvalue weighted by Crippen LogP contribution is -2.07. The van der Waals surface area contributed by atoms with E-state index in [0.29, 0.717) is 5.76 Å². The van der Waals surface area contributed by atoms with Gasteiger partial charge in [0.1, 0.15) is 12.2 Å². The first-order valence-electron chi connectivity index (χ1n) is 5.13. The first-order chi connectivity index (χ1) is 7.29. The van der Waals surface area contributed by atoms with Crippen LogP contribution in [0.3, 0.4) is 0 Å². The minimum Gasteiger partial charge on any atom is -0.476 e. The van der Waals surface area contributed by atoms with E-state index in [9.17, 15) is 0 Å². The second-order valence-electron chi connectivity index (χ2n) is 3.77. The minimum absolute atomic E-state index is 0.0465. The van der Waals surface area contributed by atoms with Crippen molar-refractivity contribution in [1.82, 2.24) is 0 Å². The largest absolute Gasteiger partial charge is 0.476 e. The molecule has 1 aliphatic heterocycles. The van der Waals surface area contributed by atoms with E-state index in [1.165, 1.54) is 5.56 Å². The van der Waals surface area contributed by atoms with Gasteiger partial charge in [0, 0.05) is 0 Å². The summed E-state index contributed by atoms with van der Waals surface area (Å²) in [5.74, 6) is 0.451. The number of hydrogen-bond acceptors (Lipinski definition) is 2. The number of ether oxygens (including phenoxy) is 1. The lowest BCUT2D eigenvalue weighted by molar-refractivity contribution is 0.107. The first kappa shape index (κ1) is 9.79. The molecular weight excluding hydrogens is 186 g/mol. The molecule has 0 radical (unpaired) electrons. The predicted octanol–water partition coefficient (Wildman–Crippen LogP) is 3.25. The molecule has 2 heteroatoms. The van der Waals surface area contributed by atoms with Crippen molar-refractivity contribution in [3.8, 4) is 6.07 Å². The molecule has 1 aromatic carbocycles. The Morgan fingerprint density at radius 3 is 2.73 bits per heavy atom. The van der Waals surface area contributed by atoms with E-state index in [2.05, 4.69) is 37.3 Å². The second kappa shape index (κ2) is 4.18. The summed E-state index contributed by atoms with van der Waals surface area (Å²) < 4.78 is 5.56. The van der Waals surface area contributed by atoms with Gasteiger partial charge >= 0.3 is 0 Å². The molecule has 1 atom stereocenters. The third kappa shape index (κ3) is 2.19. The standard InChI is InChI=1S/C13H13NO/c1-10-5-7-11(8-6-10)13-4-2-3-12(9-14)15-13/h3,5-8,13H,2,4H2,1H3/t13-/m0/s1. The number of rotatable bonds is 1. The monoisotopic (exact) mass is 199 g/mol. The van der Waals surface area contributed by atoms with E-state index in [4.69, 9.17) is 10.00 Å². The molecule has 0 spiro atoms. The van der Waals surface area contributed by atoms with Crippen molar-refractivity contribution >= 4 is 0 Å². The van der Waals surface area contributed by atoms with E-state index >= 15 is 0 Å². The number of nitriles is 1. The van der Waals surface area contributed by atoms with Crippen LogP contribution in [-0.2, 0) is 4.74 Å². The molecule has 0 unspecified atom stereocenters. The number of aryl methyl sites for hydroxylation is 1. The van der Waals surface area contributed by atoms with Crippen LogP contribution in [-0.4, -0.2) is 0 Å². The zero-order valence-corrected chi connectivity index (χ0v) is 8.73. The highest BCUT2D eigenvalue weighted by molar-refractivity contribution is 5.25. The van der Waals surface area contributed by atoms with Gasteiger partial charge in [-0.25, -0.2) is 0 Å². The molecule has 1 aromatic rings. The Morgan fingerprint density at radius 2 is 2.07 bits per heavy atom. The van der Waals surface area contributed by atoms with Crippen molar-refractivity contribution in [3.63, 3.8) is 0 Å². The summed E-state index contributed by atoms with van der Waals surface area (Å²) in [7, 11) is 0. The Hall–Kier alpha value is -1.75. The Balaban J connectivity index is 2.16. The number of nitrogens with zero attached hydrogens (tertiary/aromatic N) is 1. The van der Waals surface area contributed by atoms with Gasteiger partial charge in [-0.15, -0.1) is 0 Å². The van der Waals surface area contributed by atoms with Crippen LogP contribution in [0.2, 0.25) is 0 Å². The van der Waals surface area contributed by atoms with Gasteiger partial charge in [-0.2, -0.15) is 5.26 Å². The SMILES string of the molecule is Cc1ccc([C@@H]2CCC=C(C#N)O2)cc1. The predicted molar refractivity (Wildman–Crippen MR) is 57.9 cm³/mol. The van der Waals surface area contributed by atoms with Gasteiger partial charge in [0.15, 0.2) is 5.76 Å². The van der Waals surface area contributed by atoms with Crippen molar-refractivity contribution in [2.24, 2.45) is 0 Å². The van der Waals surface area contributed by atoms with E-state index in [1.54, 1.807) is 0 Å². The highest BCUT2D eigenvalue weighted by Crippen LogP contribution is 2.29. The van der Waals surface area contributed by atoms with Crippen molar-refractivity contribution < 1.29 is 4.74 Å². The molecule has 0 N–H and O–H groups in total. The van der Waals surface area contributed by atoms with Gasteiger partial charge < -0.3 is 4.74 Å². The van der Waals surface area contributed by atoms with Crippen LogP contribution < -0.4 is 0 Å². The van der Waals surface area contributed by atoms with E-state index in [0.717, 1.165) is 18.4 Å². The summed E-state index contributed by atoms with van der Waals surface area (Å²) >= 11 is 0. The fourth-order valence-electron chi connectivity index (χ4n) is 1.71. The van der Waals surface area contributed by atoms with Crippen LogP contribution in [0.5, 0.6) is 0 Å². The first-order valence-corrected chi connectivity index (χ1v) is 5.13. The summed E-state index contributed by atoms with van der Waals surface area (Å²) in [6.07, 6.45) is 3.77. The minimum atomic E-state index is 0.0465. The topological polar surface area (TPSA) is 33.0 Å². The van der Waals surface area contributed by atoms with Crippen molar-refractivity contribution in [3.05, 3.63) is 47.2 Å². The maximum absolute atomic E-state index is 8.76. The van der Waals surface area contributed by atoms with Gasteiger partial charge in [-0.3, -0.25) is 0 Å². The fourth-order valence-corrected chi connectivity index (χ4v) is 1.71. The van der Waals surface area contributed by atoms with E-state index in [-0.39, 0.29) is 6.10 Å². The molecule has 76 valence electrons. The Bertz CT molecular complexity index is 411. The Labute approximate surface area is 89.8 Å². The summed E-state index contributed by atoms with van der Waals surface area (Å²) in [6, 6.07) is 10.3. The van der Waals surface area contributed by atoms with E-state index in [1.807, 2.05) is 6.08 Å². The Kier molecular flexibility index (Phi) is 2.73. The van der Waals surface area contributed by atoms with Crippen molar-refractivity contribution in [2.75, 3.05) is 0 Å². The van der Waals surface area contributed by atoms with Gasteiger partial charge in [0.05, 0.1) is 0 Å². The normalized spacial score (nSPS) is 20.0. The smallest absolute Gasteiger partial charge is 0.193 e.